The van der Waals surface area contributed by atoms with Crippen LogP contribution in [-0.2, 0) is 0 Å². The molecule has 1 aliphatic heterocycles. The summed E-state index contributed by atoms with van der Waals surface area (Å²) in [6, 6.07) is 8.80. The Balaban J connectivity index is 2.28. The second-order valence-electron chi connectivity index (χ2n) is 4.49. The van der Waals surface area contributed by atoms with Gasteiger partial charge in [-0.3, -0.25) is 0 Å². The van der Waals surface area contributed by atoms with E-state index in [1.807, 2.05) is 6.07 Å². The maximum Gasteiger partial charge on any atom is 0.256 e. The zero-order chi connectivity index (χ0) is 16.1. The molecule has 0 spiro atoms. The minimum Gasteiger partial charge on any atom is -0.479 e. The minimum absolute atomic E-state index is 0.0357. The van der Waals surface area contributed by atoms with Gasteiger partial charge in [-0.15, -0.1) is 0 Å². The molecule has 0 atom stereocenters. The summed E-state index contributed by atoms with van der Waals surface area (Å²) in [5.41, 5.74) is 1.89. The van der Waals surface area contributed by atoms with Crippen LogP contribution < -0.4 is 4.74 Å². The van der Waals surface area contributed by atoms with E-state index in [2.05, 4.69) is 22.5 Å². The van der Waals surface area contributed by atoms with Crippen molar-refractivity contribution in [1.29, 1.82) is 5.26 Å². The van der Waals surface area contributed by atoms with E-state index in [4.69, 9.17) is 10.00 Å². The molecular formula is C16H13BrF2N2O. The number of allylic oxidation sites excluding steroid dienone is 3. The van der Waals surface area contributed by atoms with Gasteiger partial charge in [0.15, 0.2) is 6.61 Å². The molecule has 1 aromatic rings. The molecule has 0 N–H and O–H groups in total. The Bertz CT molecular complexity index is 660. The van der Waals surface area contributed by atoms with Gasteiger partial charge in [0.1, 0.15) is 11.8 Å². The van der Waals surface area contributed by atoms with Crippen LogP contribution in [0, 0.1) is 11.3 Å². The summed E-state index contributed by atoms with van der Waals surface area (Å²) >= 11 is 3.30. The van der Waals surface area contributed by atoms with Crippen molar-refractivity contribution < 1.29 is 13.5 Å². The van der Waals surface area contributed by atoms with E-state index in [-0.39, 0.29) is 6.61 Å². The van der Waals surface area contributed by atoms with Crippen LogP contribution in [-0.4, -0.2) is 24.5 Å². The summed E-state index contributed by atoms with van der Waals surface area (Å²) in [4.78, 5) is 1.47. The van der Waals surface area contributed by atoms with Crippen molar-refractivity contribution in [2.45, 2.75) is 6.43 Å². The topological polar surface area (TPSA) is 36.3 Å². The number of nitrogens with zero attached hydrogens (tertiary/aromatic N) is 2. The van der Waals surface area contributed by atoms with E-state index in [0.717, 1.165) is 5.56 Å². The Morgan fingerprint density at radius 2 is 1.95 bits per heavy atom. The molecule has 2 rings (SSSR count). The summed E-state index contributed by atoms with van der Waals surface area (Å²) in [7, 11) is 0. The molecule has 0 bridgehead atoms. The lowest BCUT2D eigenvalue weighted by Gasteiger charge is -2.31. The van der Waals surface area contributed by atoms with Gasteiger partial charge in [-0.05, 0) is 57.9 Å². The highest BCUT2D eigenvalue weighted by molar-refractivity contribution is 9.12. The third-order valence-corrected chi connectivity index (χ3v) is 3.78. The molecule has 0 aliphatic carbocycles. The SMILES string of the molecule is C=C1C(Br)=CC=C(c2ccc(OCC#N)cc2)N1CC(F)F. The average Bonchev–Trinajstić information content (AvgIpc) is 2.50. The number of alkyl halides is 2. The second-order valence-corrected chi connectivity index (χ2v) is 5.34. The fraction of sp³-hybridized carbons (Fsp3) is 0.188. The highest BCUT2D eigenvalue weighted by Crippen LogP contribution is 2.34. The van der Waals surface area contributed by atoms with Crippen LogP contribution in [0.2, 0.25) is 0 Å². The van der Waals surface area contributed by atoms with Gasteiger partial charge in [0.2, 0.25) is 0 Å². The van der Waals surface area contributed by atoms with E-state index in [1.165, 1.54) is 4.90 Å². The molecule has 22 heavy (non-hydrogen) atoms. The highest BCUT2D eigenvalue weighted by atomic mass is 79.9. The van der Waals surface area contributed by atoms with E-state index in [1.54, 1.807) is 36.4 Å². The van der Waals surface area contributed by atoms with Crippen molar-refractivity contribution in [1.82, 2.24) is 4.90 Å². The summed E-state index contributed by atoms with van der Waals surface area (Å²) in [5, 5.41) is 8.48. The lowest BCUT2D eigenvalue weighted by Crippen LogP contribution is -2.28. The molecule has 0 saturated heterocycles. The van der Waals surface area contributed by atoms with Gasteiger partial charge in [0.05, 0.1) is 6.54 Å². The smallest absolute Gasteiger partial charge is 0.256 e. The fourth-order valence-electron chi connectivity index (χ4n) is 2.05. The molecule has 0 saturated carbocycles. The predicted octanol–water partition coefficient (Wildman–Crippen LogP) is 4.30. The van der Waals surface area contributed by atoms with Crippen LogP contribution in [0.25, 0.3) is 5.70 Å². The van der Waals surface area contributed by atoms with E-state index in [9.17, 15) is 8.78 Å². The molecule has 3 nitrogen and oxygen atoms in total. The van der Waals surface area contributed by atoms with Gasteiger partial charge in [-0.1, -0.05) is 6.58 Å². The lowest BCUT2D eigenvalue weighted by molar-refractivity contribution is 0.123. The van der Waals surface area contributed by atoms with Crippen LogP contribution in [0.1, 0.15) is 5.56 Å². The van der Waals surface area contributed by atoms with Crippen molar-refractivity contribution in [2.75, 3.05) is 13.2 Å². The lowest BCUT2D eigenvalue weighted by atomic mass is 10.1. The number of nitriles is 1. The first-order valence-corrected chi connectivity index (χ1v) is 7.25. The quantitative estimate of drug-likeness (QED) is 0.779. The summed E-state index contributed by atoms with van der Waals surface area (Å²) in [6.07, 6.45) is 1.06. The van der Waals surface area contributed by atoms with Gasteiger partial charge in [-0.25, -0.2) is 8.78 Å². The number of rotatable bonds is 5. The Morgan fingerprint density at radius 1 is 1.27 bits per heavy atom. The Kier molecular flexibility index (Phi) is 5.34. The van der Waals surface area contributed by atoms with Gasteiger partial charge < -0.3 is 9.64 Å². The molecule has 1 aliphatic rings. The van der Waals surface area contributed by atoms with E-state index in [0.29, 0.717) is 21.6 Å². The zero-order valence-electron chi connectivity index (χ0n) is 11.6. The average molecular weight is 367 g/mol. The first-order chi connectivity index (χ1) is 10.5. The molecule has 0 unspecified atom stereocenters. The molecule has 114 valence electrons. The Labute approximate surface area is 135 Å². The maximum atomic E-state index is 12.8. The van der Waals surface area contributed by atoms with Crippen molar-refractivity contribution >= 4 is 21.6 Å². The zero-order valence-corrected chi connectivity index (χ0v) is 13.2. The van der Waals surface area contributed by atoms with Gasteiger partial charge in [0, 0.05) is 15.9 Å². The van der Waals surface area contributed by atoms with Crippen LogP contribution in [0.4, 0.5) is 8.78 Å². The molecular weight excluding hydrogens is 354 g/mol. The third kappa shape index (κ3) is 3.74. The summed E-state index contributed by atoms with van der Waals surface area (Å²) in [5.74, 6) is 0.553. The standard InChI is InChI=1S/C16H13BrF2N2O/c1-11-14(17)6-7-15(21(11)10-16(18)19)12-2-4-13(5-3-12)22-9-8-20/h2-7,16H,1,9-10H2. The van der Waals surface area contributed by atoms with E-state index < -0.39 is 13.0 Å². The van der Waals surface area contributed by atoms with Crippen molar-refractivity contribution in [3.8, 4) is 11.8 Å². The third-order valence-electron chi connectivity index (χ3n) is 3.05. The van der Waals surface area contributed by atoms with Gasteiger partial charge >= 0.3 is 0 Å². The fourth-order valence-corrected chi connectivity index (χ4v) is 2.39. The van der Waals surface area contributed by atoms with Crippen LogP contribution >= 0.6 is 15.9 Å². The molecule has 1 heterocycles. The molecule has 1 aromatic carbocycles. The summed E-state index contributed by atoms with van der Waals surface area (Å²) in [6.45, 7) is 3.37. The van der Waals surface area contributed by atoms with Crippen molar-refractivity contribution in [3.63, 3.8) is 0 Å². The first kappa shape index (κ1) is 16.2. The molecule has 0 fully saturated rings. The Morgan fingerprint density at radius 3 is 2.55 bits per heavy atom. The first-order valence-electron chi connectivity index (χ1n) is 6.45. The normalized spacial score (nSPS) is 14.5. The monoisotopic (exact) mass is 366 g/mol. The number of halogens is 3. The Hall–Kier alpha value is -2.13. The predicted molar refractivity (Wildman–Crippen MR) is 84.4 cm³/mol. The van der Waals surface area contributed by atoms with Crippen LogP contribution in [0.5, 0.6) is 5.75 Å². The number of hydrogen-bond acceptors (Lipinski definition) is 3. The molecule has 6 heteroatoms. The van der Waals surface area contributed by atoms with Crippen molar-refractivity contribution in [2.24, 2.45) is 0 Å². The maximum absolute atomic E-state index is 12.8. The minimum atomic E-state index is -2.48. The van der Waals surface area contributed by atoms with Crippen LogP contribution in [0.3, 0.4) is 0 Å². The van der Waals surface area contributed by atoms with E-state index >= 15 is 0 Å². The second kappa shape index (κ2) is 7.23. The van der Waals surface area contributed by atoms with Gasteiger partial charge in [0.25, 0.3) is 6.43 Å². The number of hydrogen-bond donors (Lipinski definition) is 0. The molecule has 0 radical (unpaired) electrons. The van der Waals surface area contributed by atoms with Crippen molar-refractivity contribution in [3.05, 3.63) is 58.7 Å². The molecule has 0 amide bonds. The van der Waals surface area contributed by atoms with Crippen LogP contribution in [0.15, 0.2) is 53.2 Å². The molecule has 0 aromatic heterocycles. The largest absolute Gasteiger partial charge is 0.479 e. The van der Waals surface area contributed by atoms with Gasteiger partial charge in [-0.2, -0.15) is 5.26 Å². The number of ether oxygens (including phenoxy) is 1. The summed E-state index contributed by atoms with van der Waals surface area (Å²) < 4.78 is 31.5. The number of benzene rings is 1. The highest BCUT2D eigenvalue weighted by Gasteiger charge is 2.23.